The second-order valence-electron chi connectivity index (χ2n) is 7.52. The van der Waals surface area contributed by atoms with E-state index in [9.17, 15) is 0 Å². The van der Waals surface area contributed by atoms with Gasteiger partial charge in [0.15, 0.2) is 0 Å². The Labute approximate surface area is 128 Å². The Hall–Kier alpha value is -1.02. The Kier molecular flexibility index (Phi) is 3.08. The zero-order chi connectivity index (χ0) is 14.7. The fourth-order valence-corrected chi connectivity index (χ4v) is 5.90. The highest BCUT2D eigenvalue weighted by Gasteiger charge is 2.66. The van der Waals surface area contributed by atoms with Crippen molar-refractivity contribution in [3.63, 3.8) is 0 Å². The number of aryl methyl sites for hydroxylation is 2. The monoisotopic (exact) mass is 285 g/mol. The summed E-state index contributed by atoms with van der Waals surface area (Å²) in [4.78, 5) is 0. The molecular weight excluding hydrogens is 258 g/mol. The van der Waals surface area contributed by atoms with Crippen LogP contribution in [0.25, 0.3) is 0 Å². The molecule has 0 radical (unpaired) electrons. The number of methoxy groups -OCH3 is 1. The van der Waals surface area contributed by atoms with Crippen molar-refractivity contribution in [1.82, 2.24) is 5.32 Å². The number of fused-ring (bicyclic) bond motifs is 5. The number of benzene rings is 1. The number of ether oxygens (including phenoxy) is 1. The second-order valence-corrected chi connectivity index (χ2v) is 7.52. The first-order chi connectivity index (χ1) is 10.2. The summed E-state index contributed by atoms with van der Waals surface area (Å²) in [7, 11) is 3.91. The molecule has 3 fully saturated rings. The first-order valence-corrected chi connectivity index (χ1v) is 8.48. The first kappa shape index (κ1) is 13.6. The van der Waals surface area contributed by atoms with E-state index < -0.39 is 0 Å². The largest absolute Gasteiger partial charge is 0.496 e. The maximum absolute atomic E-state index is 5.52. The van der Waals surface area contributed by atoms with Crippen LogP contribution in [0.1, 0.15) is 42.0 Å². The van der Waals surface area contributed by atoms with Crippen molar-refractivity contribution in [3.8, 4) is 5.75 Å². The molecule has 1 aromatic carbocycles. The minimum absolute atomic E-state index is 0.534. The molecule has 3 aliphatic rings. The minimum atomic E-state index is 0.534. The summed E-state index contributed by atoms with van der Waals surface area (Å²) < 4.78 is 5.52. The Balaban J connectivity index is 1.63. The van der Waals surface area contributed by atoms with E-state index in [0.29, 0.717) is 6.04 Å². The summed E-state index contributed by atoms with van der Waals surface area (Å²) in [6.07, 6.45) is 4.53. The molecule has 3 aliphatic carbocycles. The molecule has 0 aliphatic heterocycles. The Morgan fingerprint density at radius 2 is 1.67 bits per heavy atom. The van der Waals surface area contributed by atoms with Gasteiger partial charge in [0, 0.05) is 6.04 Å². The predicted molar refractivity (Wildman–Crippen MR) is 85.6 cm³/mol. The topological polar surface area (TPSA) is 21.3 Å². The van der Waals surface area contributed by atoms with Gasteiger partial charge in [0.25, 0.3) is 0 Å². The molecule has 3 saturated carbocycles. The van der Waals surface area contributed by atoms with E-state index in [0.717, 1.165) is 35.3 Å². The summed E-state index contributed by atoms with van der Waals surface area (Å²) in [6, 6.07) is 5.21. The molecule has 4 rings (SSSR count). The molecule has 21 heavy (non-hydrogen) atoms. The fraction of sp³-hybridized carbons (Fsp3) is 0.684. The van der Waals surface area contributed by atoms with Gasteiger partial charge in [-0.3, -0.25) is 0 Å². The van der Waals surface area contributed by atoms with Crippen LogP contribution in [-0.4, -0.2) is 14.2 Å². The van der Waals surface area contributed by atoms with Crippen molar-refractivity contribution in [2.75, 3.05) is 14.2 Å². The zero-order valence-corrected chi connectivity index (χ0v) is 13.6. The smallest absolute Gasteiger partial charge is 0.124 e. The van der Waals surface area contributed by atoms with Crippen LogP contribution in [0.3, 0.4) is 0 Å². The fourth-order valence-electron chi connectivity index (χ4n) is 5.90. The normalized spacial score (nSPS) is 37.4. The van der Waals surface area contributed by atoms with Crippen LogP contribution in [0, 0.1) is 43.4 Å². The van der Waals surface area contributed by atoms with Crippen LogP contribution < -0.4 is 10.1 Å². The molecule has 1 N–H and O–H groups in total. The molecular formula is C19H27NO. The van der Waals surface area contributed by atoms with E-state index in [2.05, 4.69) is 38.3 Å². The van der Waals surface area contributed by atoms with E-state index in [4.69, 9.17) is 4.74 Å². The zero-order valence-electron chi connectivity index (χ0n) is 13.6. The first-order valence-electron chi connectivity index (χ1n) is 8.48. The van der Waals surface area contributed by atoms with E-state index in [1.165, 1.54) is 36.0 Å². The van der Waals surface area contributed by atoms with Crippen molar-refractivity contribution < 1.29 is 4.74 Å². The van der Waals surface area contributed by atoms with Crippen molar-refractivity contribution >= 4 is 0 Å². The summed E-state index contributed by atoms with van der Waals surface area (Å²) in [5.74, 6) is 6.05. The standard InChI is InChI=1S/C19H27NO/c1-10-7-14(8-11(2)19(10)21-4)18(20-3)17-15-12-5-6-13(9-12)16(15)17/h7-8,12-13,15-18,20H,5-6,9H2,1-4H3. The lowest BCUT2D eigenvalue weighted by Crippen LogP contribution is -2.22. The van der Waals surface area contributed by atoms with Gasteiger partial charge in [0.1, 0.15) is 5.75 Å². The van der Waals surface area contributed by atoms with E-state index in [1.54, 1.807) is 7.11 Å². The van der Waals surface area contributed by atoms with Crippen LogP contribution >= 0.6 is 0 Å². The molecule has 1 aromatic rings. The Morgan fingerprint density at radius 3 is 2.14 bits per heavy atom. The van der Waals surface area contributed by atoms with Gasteiger partial charge in [-0.15, -0.1) is 0 Å². The van der Waals surface area contributed by atoms with Gasteiger partial charge < -0.3 is 10.1 Å². The van der Waals surface area contributed by atoms with Gasteiger partial charge in [-0.2, -0.15) is 0 Å². The van der Waals surface area contributed by atoms with Gasteiger partial charge in [-0.25, -0.2) is 0 Å². The van der Waals surface area contributed by atoms with Gasteiger partial charge in [0.05, 0.1) is 7.11 Å². The van der Waals surface area contributed by atoms with Crippen LogP contribution in [0.15, 0.2) is 12.1 Å². The SMILES string of the molecule is CNC(c1cc(C)c(OC)c(C)c1)C1C2C3CCC(C3)C21. The predicted octanol–water partition coefficient (Wildman–Crippen LogP) is 3.86. The third-order valence-corrected chi connectivity index (χ3v) is 6.54. The third kappa shape index (κ3) is 1.88. The van der Waals surface area contributed by atoms with Crippen LogP contribution in [-0.2, 0) is 0 Å². The molecule has 114 valence electrons. The summed E-state index contributed by atoms with van der Waals surface area (Å²) >= 11 is 0. The van der Waals surface area contributed by atoms with Crippen molar-refractivity contribution in [2.45, 2.75) is 39.2 Å². The minimum Gasteiger partial charge on any atom is -0.496 e. The molecule has 2 bridgehead atoms. The molecule has 0 spiro atoms. The maximum atomic E-state index is 5.52. The number of hydrogen-bond acceptors (Lipinski definition) is 2. The van der Waals surface area contributed by atoms with Crippen molar-refractivity contribution in [1.29, 1.82) is 0 Å². The van der Waals surface area contributed by atoms with Gasteiger partial charge in [-0.1, -0.05) is 12.1 Å². The van der Waals surface area contributed by atoms with Crippen LogP contribution in [0.2, 0.25) is 0 Å². The molecule has 0 saturated heterocycles. The lowest BCUT2D eigenvalue weighted by molar-refractivity contribution is 0.383. The van der Waals surface area contributed by atoms with Gasteiger partial charge >= 0.3 is 0 Å². The van der Waals surface area contributed by atoms with E-state index in [-0.39, 0.29) is 0 Å². The number of hydrogen-bond donors (Lipinski definition) is 1. The summed E-state index contributed by atoms with van der Waals surface area (Å²) in [6.45, 7) is 4.33. The maximum Gasteiger partial charge on any atom is 0.124 e. The van der Waals surface area contributed by atoms with Crippen LogP contribution in [0.4, 0.5) is 0 Å². The molecule has 5 unspecified atom stereocenters. The Morgan fingerprint density at radius 1 is 1.10 bits per heavy atom. The Bertz CT molecular complexity index is 528. The highest BCUT2D eigenvalue weighted by Crippen LogP contribution is 2.72. The quantitative estimate of drug-likeness (QED) is 0.907. The van der Waals surface area contributed by atoms with E-state index in [1.807, 2.05) is 0 Å². The summed E-state index contributed by atoms with van der Waals surface area (Å²) in [5.41, 5.74) is 4.00. The number of nitrogens with one attached hydrogen (secondary N) is 1. The molecule has 2 heteroatoms. The molecule has 5 atom stereocenters. The van der Waals surface area contributed by atoms with Gasteiger partial charge in [0.2, 0.25) is 0 Å². The highest BCUT2D eigenvalue weighted by molar-refractivity contribution is 5.45. The van der Waals surface area contributed by atoms with Gasteiger partial charge in [-0.05, 0) is 86.4 Å². The molecule has 0 aromatic heterocycles. The number of rotatable bonds is 4. The summed E-state index contributed by atoms with van der Waals surface area (Å²) in [5, 5.41) is 3.63. The van der Waals surface area contributed by atoms with Crippen molar-refractivity contribution in [2.24, 2.45) is 29.6 Å². The van der Waals surface area contributed by atoms with Crippen LogP contribution in [0.5, 0.6) is 5.75 Å². The average molecular weight is 285 g/mol. The lowest BCUT2D eigenvalue weighted by atomic mass is 9.91. The lowest BCUT2D eigenvalue weighted by Gasteiger charge is -2.22. The van der Waals surface area contributed by atoms with E-state index >= 15 is 0 Å². The second kappa shape index (κ2) is 4.74. The third-order valence-electron chi connectivity index (χ3n) is 6.54. The molecule has 2 nitrogen and oxygen atoms in total. The molecule has 0 heterocycles. The van der Waals surface area contributed by atoms with Crippen molar-refractivity contribution in [3.05, 3.63) is 28.8 Å². The average Bonchev–Trinajstić information content (AvgIpc) is 2.88. The molecule has 0 amide bonds. The highest BCUT2D eigenvalue weighted by atomic mass is 16.5.